The Morgan fingerprint density at radius 2 is 2.38 bits per heavy atom. The largest absolute Gasteiger partial charge is 0.478 e. The predicted molar refractivity (Wildman–Crippen MR) is 53.0 cm³/mol. The topological polar surface area (TPSA) is 91.8 Å². The zero-order valence-corrected chi connectivity index (χ0v) is 8.03. The van der Waals surface area contributed by atoms with Crippen molar-refractivity contribution >= 4 is 5.97 Å². The van der Waals surface area contributed by atoms with Crippen LogP contribution < -0.4 is 0 Å². The molecule has 0 aliphatic rings. The van der Waals surface area contributed by atoms with Gasteiger partial charge in [0.1, 0.15) is 6.07 Å². The number of nitrogens with zero attached hydrogens (tertiary/aromatic N) is 4. The van der Waals surface area contributed by atoms with Crippen molar-refractivity contribution in [3.63, 3.8) is 0 Å². The molecule has 0 aliphatic heterocycles. The van der Waals surface area contributed by atoms with Crippen LogP contribution in [0.5, 0.6) is 0 Å². The highest BCUT2D eigenvalue weighted by Crippen LogP contribution is 2.10. The van der Waals surface area contributed by atoms with Gasteiger partial charge < -0.3 is 5.11 Å². The summed E-state index contributed by atoms with van der Waals surface area (Å²) in [5, 5.41) is 21.4. The van der Waals surface area contributed by atoms with Crippen LogP contribution in [-0.2, 0) is 0 Å². The first-order chi connectivity index (χ1) is 7.72. The first-order valence-corrected chi connectivity index (χ1v) is 4.36. The third kappa shape index (κ3) is 1.62. The molecule has 2 aromatic heterocycles. The summed E-state index contributed by atoms with van der Waals surface area (Å²) >= 11 is 0. The molecule has 16 heavy (non-hydrogen) atoms. The van der Waals surface area contributed by atoms with Crippen molar-refractivity contribution in [3.8, 4) is 11.9 Å². The third-order valence-electron chi connectivity index (χ3n) is 1.95. The van der Waals surface area contributed by atoms with Crippen molar-refractivity contribution in [2.45, 2.75) is 0 Å². The van der Waals surface area contributed by atoms with E-state index >= 15 is 0 Å². The SMILES string of the molecule is N#Cc1cccnc1-n1cc(C(=O)O)cn1. The van der Waals surface area contributed by atoms with Crippen molar-refractivity contribution in [1.29, 1.82) is 5.26 Å². The van der Waals surface area contributed by atoms with E-state index in [4.69, 9.17) is 10.4 Å². The molecule has 6 heteroatoms. The second-order valence-corrected chi connectivity index (χ2v) is 2.97. The Morgan fingerprint density at radius 3 is 3.00 bits per heavy atom. The fraction of sp³-hybridized carbons (Fsp3) is 0. The molecule has 0 unspecified atom stereocenters. The predicted octanol–water partition coefficient (Wildman–Crippen LogP) is 0.837. The maximum Gasteiger partial charge on any atom is 0.338 e. The molecule has 0 aliphatic carbocycles. The molecule has 0 spiro atoms. The first kappa shape index (κ1) is 9.86. The lowest BCUT2D eigenvalue weighted by Crippen LogP contribution is -2.01. The molecule has 0 fully saturated rings. The van der Waals surface area contributed by atoms with Crippen LogP contribution in [0, 0.1) is 11.3 Å². The second-order valence-electron chi connectivity index (χ2n) is 2.97. The van der Waals surface area contributed by atoms with Crippen LogP contribution in [0.1, 0.15) is 15.9 Å². The summed E-state index contributed by atoms with van der Waals surface area (Å²) in [7, 11) is 0. The van der Waals surface area contributed by atoms with Crippen molar-refractivity contribution in [2.24, 2.45) is 0 Å². The fourth-order valence-electron chi connectivity index (χ4n) is 1.22. The second kappa shape index (κ2) is 3.82. The highest BCUT2D eigenvalue weighted by atomic mass is 16.4. The third-order valence-corrected chi connectivity index (χ3v) is 1.95. The van der Waals surface area contributed by atoms with Crippen molar-refractivity contribution < 1.29 is 9.90 Å². The molecule has 2 aromatic rings. The molecule has 0 saturated carbocycles. The van der Waals surface area contributed by atoms with Crippen molar-refractivity contribution in [2.75, 3.05) is 0 Å². The normalized spacial score (nSPS) is 9.69. The summed E-state index contributed by atoms with van der Waals surface area (Å²) < 4.78 is 1.27. The van der Waals surface area contributed by atoms with E-state index in [2.05, 4.69) is 10.1 Å². The van der Waals surface area contributed by atoms with Gasteiger partial charge >= 0.3 is 5.97 Å². The fourth-order valence-corrected chi connectivity index (χ4v) is 1.22. The van der Waals surface area contributed by atoms with E-state index in [1.54, 1.807) is 12.1 Å². The van der Waals surface area contributed by atoms with Gasteiger partial charge in [-0.1, -0.05) is 0 Å². The average Bonchev–Trinajstić information content (AvgIpc) is 2.78. The minimum Gasteiger partial charge on any atom is -0.478 e. The van der Waals surface area contributed by atoms with Crippen LogP contribution >= 0.6 is 0 Å². The van der Waals surface area contributed by atoms with Crippen LogP contribution in [0.2, 0.25) is 0 Å². The van der Waals surface area contributed by atoms with E-state index in [0.717, 1.165) is 0 Å². The Bertz CT molecular complexity index is 583. The van der Waals surface area contributed by atoms with E-state index in [1.165, 1.54) is 23.3 Å². The molecule has 0 bridgehead atoms. The zero-order valence-electron chi connectivity index (χ0n) is 8.03. The molecule has 0 atom stereocenters. The van der Waals surface area contributed by atoms with Crippen LogP contribution in [-0.4, -0.2) is 25.8 Å². The summed E-state index contributed by atoms with van der Waals surface area (Å²) in [5.41, 5.74) is 0.386. The Hall–Kier alpha value is -2.68. The summed E-state index contributed by atoms with van der Waals surface area (Å²) in [6, 6.07) is 5.18. The van der Waals surface area contributed by atoms with Crippen LogP contribution in [0.25, 0.3) is 5.82 Å². The number of nitriles is 1. The highest BCUT2D eigenvalue weighted by molar-refractivity contribution is 5.86. The van der Waals surface area contributed by atoms with Gasteiger partial charge in [-0.25, -0.2) is 14.5 Å². The van der Waals surface area contributed by atoms with E-state index in [1.807, 2.05) is 6.07 Å². The molecule has 0 aromatic carbocycles. The molecule has 1 N–H and O–H groups in total. The number of aromatic nitrogens is 3. The number of carboxylic acid groups (broad SMARTS) is 1. The van der Waals surface area contributed by atoms with Crippen molar-refractivity contribution in [3.05, 3.63) is 41.9 Å². The maximum absolute atomic E-state index is 10.7. The Labute approximate surface area is 90.4 Å². The summed E-state index contributed by atoms with van der Waals surface area (Å²) in [6.45, 7) is 0. The lowest BCUT2D eigenvalue weighted by molar-refractivity contribution is 0.0697. The van der Waals surface area contributed by atoms with Gasteiger partial charge in [0.25, 0.3) is 0 Å². The summed E-state index contributed by atoms with van der Waals surface area (Å²) in [4.78, 5) is 14.6. The number of pyridine rings is 1. The number of rotatable bonds is 2. The lowest BCUT2D eigenvalue weighted by Gasteiger charge is -2.00. The van der Waals surface area contributed by atoms with Crippen LogP contribution in [0.4, 0.5) is 0 Å². The van der Waals surface area contributed by atoms with Gasteiger partial charge in [-0.05, 0) is 12.1 Å². The first-order valence-electron chi connectivity index (χ1n) is 4.36. The van der Waals surface area contributed by atoms with Crippen LogP contribution in [0.3, 0.4) is 0 Å². The molecule has 0 saturated heterocycles. The van der Waals surface area contributed by atoms with Gasteiger partial charge in [-0.3, -0.25) is 0 Å². The zero-order chi connectivity index (χ0) is 11.5. The number of hydrogen-bond donors (Lipinski definition) is 1. The number of carboxylic acids is 1. The molecule has 6 nitrogen and oxygen atoms in total. The Morgan fingerprint density at radius 1 is 1.56 bits per heavy atom. The van der Waals surface area contributed by atoms with E-state index in [0.29, 0.717) is 11.4 Å². The minimum absolute atomic E-state index is 0.0505. The number of hydrogen-bond acceptors (Lipinski definition) is 4. The lowest BCUT2D eigenvalue weighted by atomic mass is 10.3. The molecule has 78 valence electrons. The van der Waals surface area contributed by atoms with E-state index < -0.39 is 5.97 Å². The Kier molecular flexibility index (Phi) is 2.36. The van der Waals surface area contributed by atoms with E-state index in [-0.39, 0.29) is 5.56 Å². The maximum atomic E-state index is 10.7. The van der Waals surface area contributed by atoms with Gasteiger partial charge in [0, 0.05) is 12.4 Å². The molecular weight excluding hydrogens is 208 g/mol. The average molecular weight is 214 g/mol. The van der Waals surface area contributed by atoms with Crippen molar-refractivity contribution in [1.82, 2.24) is 14.8 Å². The van der Waals surface area contributed by atoms with Gasteiger partial charge in [0.15, 0.2) is 5.82 Å². The van der Waals surface area contributed by atoms with E-state index in [9.17, 15) is 4.79 Å². The Balaban J connectivity index is 2.51. The molecule has 0 radical (unpaired) electrons. The molecule has 0 amide bonds. The van der Waals surface area contributed by atoms with Crippen LogP contribution in [0.15, 0.2) is 30.7 Å². The molecule has 2 heterocycles. The minimum atomic E-state index is -1.07. The summed E-state index contributed by atoms with van der Waals surface area (Å²) in [6.07, 6.45) is 4.03. The highest BCUT2D eigenvalue weighted by Gasteiger charge is 2.10. The van der Waals surface area contributed by atoms with Gasteiger partial charge in [-0.15, -0.1) is 0 Å². The monoisotopic (exact) mass is 214 g/mol. The molecule has 2 rings (SSSR count). The van der Waals surface area contributed by atoms with Gasteiger partial charge in [0.05, 0.1) is 17.3 Å². The summed E-state index contributed by atoms with van der Waals surface area (Å²) in [5.74, 6) is -0.752. The van der Waals surface area contributed by atoms with Gasteiger partial charge in [0.2, 0.25) is 0 Å². The standard InChI is InChI=1S/C10H6N4O2/c11-4-7-2-1-3-12-9(7)14-6-8(5-13-14)10(15)16/h1-3,5-6H,(H,15,16). The number of aromatic carboxylic acids is 1. The molecular formula is C10H6N4O2. The quantitative estimate of drug-likeness (QED) is 0.799. The van der Waals surface area contributed by atoms with Gasteiger partial charge in [-0.2, -0.15) is 10.4 Å². The number of carbonyl (C=O) groups is 1. The smallest absolute Gasteiger partial charge is 0.338 e.